The summed E-state index contributed by atoms with van der Waals surface area (Å²) in [5, 5.41) is 12.8. The summed E-state index contributed by atoms with van der Waals surface area (Å²) in [6, 6.07) is 5.63. The highest BCUT2D eigenvalue weighted by molar-refractivity contribution is 5.97. The summed E-state index contributed by atoms with van der Waals surface area (Å²) in [6.45, 7) is 1.16. The van der Waals surface area contributed by atoms with Gasteiger partial charge in [0, 0.05) is 19.2 Å². The second kappa shape index (κ2) is 8.22. The van der Waals surface area contributed by atoms with E-state index < -0.39 is 5.54 Å². The first-order chi connectivity index (χ1) is 14.5. The van der Waals surface area contributed by atoms with Crippen molar-refractivity contribution in [2.45, 2.75) is 43.7 Å². The van der Waals surface area contributed by atoms with Gasteiger partial charge in [0.25, 0.3) is 5.91 Å². The molecule has 1 atom stereocenters. The Kier molecular flexibility index (Phi) is 5.64. The standard InChI is InChI=1S/C21H30N6O3/c1-25(2)21(20-22-23-24-27(20)15-7-5-6-8-15)11-12-26(14-21)19(28)17-10-9-16(29-3)13-18(17)30-4/h9-10,13,15H,5-8,11-12,14H2,1-4H3. The molecule has 1 aromatic heterocycles. The molecule has 1 amide bonds. The Balaban J connectivity index is 1.63. The zero-order chi connectivity index (χ0) is 21.3. The van der Waals surface area contributed by atoms with Crippen molar-refractivity contribution in [2.24, 2.45) is 0 Å². The van der Waals surface area contributed by atoms with Crippen LogP contribution in [0.4, 0.5) is 0 Å². The third-order valence-corrected chi connectivity index (χ3v) is 6.61. The van der Waals surface area contributed by atoms with Crippen molar-refractivity contribution in [2.75, 3.05) is 41.4 Å². The Morgan fingerprint density at radius 1 is 1.20 bits per heavy atom. The van der Waals surface area contributed by atoms with E-state index in [-0.39, 0.29) is 5.91 Å². The van der Waals surface area contributed by atoms with Crippen molar-refractivity contribution >= 4 is 5.91 Å². The van der Waals surface area contributed by atoms with Gasteiger partial charge in [0.05, 0.1) is 25.8 Å². The van der Waals surface area contributed by atoms with Gasteiger partial charge in [-0.15, -0.1) is 5.10 Å². The number of methoxy groups -OCH3 is 2. The van der Waals surface area contributed by atoms with Gasteiger partial charge in [0.15, 0.2) is 5.82 Å². The van der Waals surface area contributed by atoms with Crippen LogP contribution in [0.1, 0.15) is 54.3 Å². The fourth-order valence-electron chi connectivity index (χ4n) is 4.75. The summed E-state index contributed by atoms with van der Waals surface area (Å²) in [5.74, 6) is 1.97. The van der Waals surface area contributed by atoms with Gasteiger partial charge in [-0.3, -0.25) is 9.69 Å². The van der Waals surface area contributed by atoms with Crippen LogP contribution in [0.15, 0.2) is 18.2 Å². The monoisotopic (exact) mass is 414 g/mol. The van der Waals surface area contributed by atoms with Gasteiger partial charge in [-0.25, -0.2) is 4.68 Å². The third-order valence-electron chi connectivity index (χ3n) is 6.61. The van der Waals surface area contributed by atoms with Crippen LogP contribution in [0.25, 0.3) is 0 Å². The maximum absolute atomic E-state index is 13.4. The van der Waals surface area contributed by atoms with E-state index in [1.54, 1.807) is 32.4 Å². The molecule has 9 nitrogen and oxygen atoms in total. The van der Waals surface area contributed by atoms with Gasteiger partial charge >= 0.3 is 0 Å². The maximum atomic E-state index is 13.4. The Hall–Kier alpha value is -2.68. The van der Waals surface area contributed by atoms with Gasteiger partial charge in [0.2, 0.25) is 0 Å². The largest absolute Gasteiger partial charge is 0.497 e. The van der Waals surface area contributed by atoms with Gasteiger partial charge in [-0.05, 0) is 55.9 Å². The molecule has 2 heterocycles. The van der Waals surface area contributed by atoms with Crippen molar-refractivity contribution in [3.8, 4) is 11.5 Å². The van der Waals surface area contributed by atoms with Crippen molar-refractivity contribution < 1.29 is 14.3 Å². The molecule has 1 unspecified atom stereocenters. The predicted octanol–water partition coefficient (Wildman–Crippen LogP) is 2.11. The number of benzene rings is 1. The SMILES string of the molecule is COc1ccc(C(=O)N2CCC(c3nnnn3C3CCCC3)(N(C)C)C2)c(OC)c1. The average molecular weight is 415 g/mol. The van der Waals surface area contributed by atoms with Crippen molar-refractivity contribution in [1.29, 1.82) is 0 Å². The minimum atomic E-state index is -0.415. The summed E-state index contributed by atoms with van der Waals surface area (Å²) in [7, 11) is 7.23. The van der Waals surface area contributed by atoms with Gasteiger partial charge < -0.3 is 14.4 Å². The molecule has 0 spiro atoms. The summed E-state index contributed by atoms with van der Waals surface area (Å²) in [4.78, 5) is 17.4. The molecule has 1 saturated heterocycles. The first kappa shape index (κ1) is 20.6. The highest BCUT2D eigenvalue weighted by Gasteiger charge is 2.48. The van der Waals surface area contributed by atoms with E-state index in [2.05, 4.69) is 20.4 Å². The number of tetrazole rings is 1. The van der Waals surface area contributed by atoms with E-state index >= 15 is 0 Å². The summed E-state index contributed by atoms with van der Waals surface area (Å²) >= 11 is 0. The van der Waals surface area contributed by atoms with Crippen LogP contribution >= 0.6 is 0 Å². The number of nitrogens with zero attached hydrogens (tertiary/aromatic N) is 6. The Morgan fingerprint density at radius 2 is 1.97 bits per heavy atom. The highest BCUT2D eigenvalue weighted by atomic mass is 16.5. The van der Waals surface area contributed by atoms with Crippen LogP contribution in [0, 0.1) is 0 Å². The number of aromatic nitrogens is 4. The molecular weight excluding hydrogens is 384 g/mol. The number of likely N-dealkylation sites (N-methyl/N-ethyl adjacent to an activating group) is 1. The first-order valence-corrected chi connectivity index (χ1v) is 10.5. The molecule has 1 aliphatic heterocycles. The second-order valence-corrected chi connectivity index (χ2v) is 8.35. The molecule has 9 heteroatoms. The molecule has 1 saturated carbocycles. The molecule has 30 heavy (non-hydrogen) atoms. The molecule has 1 aliphatic carbocycles. The van der Waals surface area contributed by atoms with Gasteiger partial charge in [0.1, 0.15) is 17.0 Å². The summed E-state index contributed by atoms with van der Waals surface area (Å²) in [5.41, 5.74) is 0.116. The number of carbonyl (C=O) groups excluding carboxylic acids is 1. The quantitative estimate of drug-likeness (QED) is 0.716. The minimum Gasteiger partial charge on any atom is -0.497 e. The Bertz CT molecular complexity index is 908. The topological polar surface area (TPSA) is 85.6 Å². The molecule has 1 aromatic carbocycles. The average Bonchev–Trinajstić information content (AvgIpc) is 3.52. The van der Waals surface area contributed by atoms with Crippen LogP contribution in [-0.4, -0.2) is 77.3 Å². The van der Waals surface area contributed by atoms with Crippen LogP contribution in [-0.2, 0) is 5.54 Å². The van der Waals surface area contributed by atoms with E-state index in [1.165, 1.54) is 12.8 Å². The number of likely N-dealkylation sites (tertiary alicyclic amines) is 1. The molecule has 0 radical (unpaired) electrons. The number of hydrogen-bond acceptors (Lipinski definition) is 7. The zero-order valence-corrected chi connectivity index (χ0v) is 18.2. The smallest absolute Gasteiger partial charge is 0.257 e. The van der Waals surface area contributed by atoms with Gasteiger partial charge in [-0.1, -0.05) is 12.8 Å². The van der Waals surface area contributed by atoms with Crippen LogP contribution in [0.5, 0.6) is 11.5 Å². The lowest BCUT2D eigenvalue weighted by molar-refractivity contribution is 0.0734. The summed E-state index contributed by atoms with van der Waals surface area (Å²) in [6.07, 6.45) is 5.40. The summed E-state index contributed by atoms with van der Waals surface area (Å²) < 4.78 is 12.7. The molecule has 0 N–H and O–H groups in total. The Morgan fingerprint density at radius 3 is 2.63 bits per heavy atom. The van der Waals surface area contributed by atoms with Crippen LogP contribution in [0.2, 0.25) is 0 Å². The third kappa shape index (κ3) is 3.40. The van der Waals surface area contributed by atoms with E-state index in [0.717, 1.165) is 25.1 Å². The normalized spacial score (nSPS) is 22.1. The van der Waals surface area contributed by atoms with Crippen molar-refractivity contribution in [3.05, 3.63) is 29.6 Å². The number of amides is 1. The van der Waals surface area contributed by atoms with E-state index in [9.17, 15) is 4.79 Å². The number of rotatable bonds is 6. The predicted molar refractivity (Wildman–Crippen MR) is 111 cm³/mol. The zero-order valence-electron chi connectivity index (χ0n) is 18.2. The van der Waals surface area contributed by atoms with Crippen LogP contribution < -0.4 is 9.47 Å². The van der Waals surface area contributed by atoms with E-state index in [1.807, 2.05) is 23.7 Å². The molecule has 2 aliphatic rings. The lowest BCUT2D eigenvalue weighted by Gasteiger charge is -2.35. The fraction of sp³-hybridized carbons (Fsp3) is 0.619. The highest BCUT2D eigenvalue weighted by Crippen LogP contribution is 2.39. The number of hydrogen-bond donors (Lipinski definition) is 0. The lowest BCUT2D eigenvalue weighted by Crippen LogP contribution is -2.47. The van der Waals surface area contributed by atoms with Crippen molar-refractivity contribution in [3.63, 3.8) is 0 Å². The molecule has 0 bridgehead atoms. The minimum absolute atomic E-state index is 0.0573. The second-order valence-electron chi connectivity index (χ2n) is 8.35. The fourth-order valence-corrected chi connectivity index (χ4v) is 4.75. The van der Waals surface area contributed by atoms with Crippen molar-refractivity contribution in [1.82, 2.24) is 30.0 Å². The van der Waals surface area contributed by atoms with E-state index in [0.29, 0.717) is 36.2 Å². The molecule has 4 rings (SSSR count). The number of ether oxygens (including phenoxy) is 2. The Labute approximate surface area is 176 Å². The van der Waals surface area contributed by atoms with Crippen LogP contribution in [0.3, 0.4) is 0 Å². The molecule has 2 fully saturated rings. The molecular formula is C21H30N6O3. The van der Waals surface area contributed by atoms with E-state index in [4.69, 9.17) is 9.47 Å². The van der Waals surface area contributed by atoms with Gasteiger partial charge in [-0.2, -0.15) is 0 Å². The number of carbonyl (C=O) groups is 1. The molecule has 162 valence electrons. The first-order valence-electron chi connectivity index (χ1n) is 10.5. The molecule has 2 aromatic rings. The maximum Gasteiger partial charge on any atom is 0.257 e. The lowest BCUT2D eigenvalue weighted by atomic mass is 9.95.